The predicted molar refractivity (Wildman–Crippen MR) is 56.0 cm³/mol. The smallest absolute Gasteiger partial charge is 0.0227 e. The lowest BCUT2D eigenvalue weighted by molar-refractivity contribution is 0.282. The highest BCUT2D eigenvalue weighted by Gasteiger charge is 2.15. The average Bonchev–Trinajstić information content (AvgIpc) is 2.00. The number of allylic oxidation sites excluding steroid dienone is 1. The fraction of sp³-hybridized carbons (Fsp3) is 0.818. The van der Waals surface area contributed by atoms with Crippen LogP contribution in [0.1, 0.15) is 34.6 Å². The molecule has 0 saturated heterocycles. The van der Waals surface area contributed by atoms with Gasteiger partial charge in [0.15, 0.2) is 0 Å². The Kier molecular flexibility index (Phi) is 4.36. The molecule has 0 amide bonds. The number of nitrogens with zero attached hydrogens (tertiary/aromatic N) is 1. The molecule has 12 heavy (non-hydrogen) atoms. The fourth-order valence-corrected chi connectivity index (χ4v) is 1.04. The third-order valence-electron chi connectivity index (χ3n) is 2.75. The molecule has 0 spiro atoms. The fourth-order valence-electron chi connectivity index (χ4n) is 1.04. The number of hydrogen-bond acceptors (Lipinski definition) is 1. The maximum atomic E-state index is 4.12. The Labute approximate surface area is 77.5 Å². The Hall–Kier alpha value is -0.460. The quantitative estimate of drug-likeness (QED) is 0.625. The van der Waals surface area contributed by atoms with Gasteiger partial charge in [-0.2, -0.15) is 0 Å². The highest BCUT2D eigenvalue weighted by molar-refractivity contribution is 4.99. The summed E-state index contributed by atoms with van der Waals surface area (Å²) in [6.45, 7) is 15.2. The van der Waals surface area contributed by atoms with Crippen LogP contribution in [-0.2, 0) is 0 Å². The molecule has 0 aromatic carbocycles. The molecule has 0 fully saturated rings. The van der Waals surface area contributed by atoms with Crippen molar-refractivity contribution in [1.82, 2.24) is 4.90 Å². The summed E-state index contributed by atoms with van der Waals surface area (Å²) >= 11 is 0. The normalized spacial score (nSPS) is 13.7. The molecule has 0 saturated carbocycles. The molecule has 0 aliphatic rings. The van der Waals surface area contributed by atoms with Crippen LogP contribution in [0, 0.1) is 11.8 Å². The van der Waals surface area contributed by atoms with Gasteiger partial charge >= 0.3 is 0 Å². The van der Waals surface area contributed by atoms with Gasteiger partial charge in [0.25, 0.3) is 0 Å². The highest BCUT2D eigenvalue weighted by Crippen LogP contribution is 2.21. The Morgan fingerprint density at radius 1 is 1.08 bits per heavy atom. The summed E-state index contributed by atoms with van der Waals surface area (Å²) < 4.78 is 0. The Morgan fingerprint density at radius 2 is 1.50 bits per heavy atom. The van der Waals surface area contributed by atoms with E-state index in [-0.39, 0.29) is 0 Å². The summed E-state index contributed by atoms with van der Waals surface area (Å²) in [5.41, 5.74) is 1.25. The zero-order valence-electron chi connectivity index (χ0n) is 9.39. The molecular weight excluding hydrogens is 146 g/mol. The molecule has 0 bridgehead atoms. The number of rotatable bonds is 4. The van der Waals surface area contributed by atoms with Gasteiger partial charge < -0.3 is 4.90 Å². The topological polar surface area (TPSA) is 3.24 Å². The van der Waals surface area contributed by atoms with Crippen LogP contribution < -0.4 is 0 Å². The average molecular weight is 169 g/mol. The second-order valence-electron chi connectivity index (χ2n) is 4.23. The maximum absolute atomic E-state index is 4.12. The van der Waals surface area contributed by atoms with Crippen molar-refractivity contribution in [3.63, 3.8) is 0 Å². The van der Waals surface area contributed by atoms with E-state index in [1.165, 1.54) is 5.70 Å². The summed E-state index contributed by atoms with van der Waals surface area (Å²) in [5, 5.41) is 0. The Morgan fingerprint density at radius 3 is 1.75 bits per heavy atom. The Bertz CT molecular complexity index is 131. The summed E-state index contributed by atoms with van der Waals surface area (Å²) in [7, 11) is 2.12. The summed E-state index contributed by atoms with van der Waals surface area (Å²) in [4.78, 5) is 2.25. The van der Waals surface area contributed by atoms with Crippen molar-refractivity contribution in [2.24, 2.45) is 11.8 Å². The molecule has 0 N–H and O–H groups in total. The third-order valence-corrected chi connectivity index (χ3v) is 2.75. The summed E-state index contributed by atoms with van der Waals surface area (Å²) in [5.74, 6) is 1.26. The molecule has 0 aliphatic heterocycles. The van der Waals surface area contributed by atoms with E-state index in [1.807, 2.05) is 0 Å². The third kappa shape index (κ3) is 2.88. The van der Waals surface area contributed by atoms with Crippen molar-refractivity contribution in [1.29, 1.82) is 0 Å². The maximum Gasteiger partial charge on any atom is 0.0227 e. The SMILES string of the molecule is C=C(C(C)C(C)C)N(C)C(C)C. The van der Waals surface area contributed by atoms with E-state index in [2.05, 4.69) is 53.1 Å². The van der Waals surface area contributed by atoms with Crippen LogP contribution in [0.2, 0.25) is 0 Å². The molecule has 0 heterocycles. The first-order chi connectivity index (χ1) is 5.37. The van der Waals surface area contributed by atoms with E-state index in [9.17, 15) is 0 Å². The van der Waals surface area contributed by atoms with Crippen LogP contribution in [0.3, 0.4) is 0 Å². The minimum Gasteiger partial charge on any atom is -0.376 e. The molecule has 0 aromatic heterocycles. The van der Waals surface area contributed by atoms with E-state index >= 15 is 0 Å². The van der Waals surface area contributed by atoms with E-state index < -0.39 is 0 Å². The van der Waals surface area contributed by atoms with Gasteiger partial charge in [0.05, 0.1) is 0 Å². The first-order valence-electron chi connectivity index (χ1n) is 4.79. The zero-order valence-corrected chi connectivity index (χ0v) is 9.39. The Balaban J connectivity index is 4.19. The van der Waals surface area contributed by atoms with Crippen LogP contribution in [0.25, 0.3) is 0 Å². The molecule has 1 heteroatoms. The summed E-state index contributed by atoms with van der Waals surface area (Å²) in [6, 6.07) is 0.554. The van der Waals surface area contributed by atoms with Crippen molar-refractivity contribution in [2.75, 3.05) is 7.05 Å². The van der Waals surface area contributed by atoms with E-state index in [0.29, 0.717) is 17.9 Å². The molecule has 1 atom stereocenters. The van der Waals surface area contributed by atoms with Crippen molar-refractivity contribution < 1.29 is 0 Å². The molecule has 0 radical (unpaired) electrons. The number of hydrogen-bond donors (Lipinski definition) is 0. The van der Waals surface area contributed by atoms with Gasteiger partial charge in [0.1, 0.15) is 0 Å². The van der Waals surface area contributed by atoms with Gasteiger partial charge in [-0.15, -0.1) is 0 Å². The molecule has 1 unspecified atom stereocenters. The lowest BCUT2D eigenvalue weighted by Crippen LogP contribution is -2.29. The van der Waals surface area contributed by atoms with Crippen molar-refractivity contribution in [2.45, 2.75) is 40.7 Å². The van der Waals surface area contributed by atoms with Gasteiger partial charge in [-0.25, -0.2) is 0 Å². The van der Waals surface area contributed by atoms with Gasteiger partial charge in [0.2, 0.25) is 0 Å². The van der Waals surface area contributed by atoms with Crippen LogP contribution in [0.4, 0.5) is 0 Å². The minimum absolute atomic E-state index is 0.554. The van der Waals surface area contributed by atoms with Crippen LogP contribution >= 0.6 is 0 Å². The van der Waals surface area contributed by atoms with Crippen molar-refractivity contribution >= 4 is 0 Å². The second kappa shape index (κ2) is 4.54. The standard InChI is InChI=1S/C11H23N/c1-8(2)10(5)11(6)12(7)9(3)4/h8-10H,6H2,1-5,7H3. The monoisotopic (exact) mass is 169 g/mol. The first-order valence-corrected chi connectivity index (χ1v) is 4.79. The summed E-state index contributed by atoms with van der Waals surface area (Å²) in [6.07, 6.45) is 0. The van der Waals surface area contributed by atoms with Crippen LogP contribution in [0.5, 0.6) is 0 Å². The first kappa shape index (κ1) is 11.5. The zero-order chi connectivity index (χ0) is 9.89. The van der Waals surface area contributed by atoms with Crippen LogP contribution in [-0.4, -0.2) is 18.0 Å². The van der Waals surface area contributed by atoms with Crippen LogP contribution in [0.15, 0.2) is 12.3 Å². The van der Waals surface area contributed by atoms with Gasteiger partial charge in [-0.1, -0.05) is 27.4 Å². The second-order valence-corrected chi connectivity index (χ2v) is 4.23. The lowest BCUT2D eigenvalue weighted by atomic mass is 9.94. The van der Waals surface area contributed by atoms with E-state index in [4.69, 9.17) is 0 Å². The van der Waals surface area contributed by atoms with Gasteiger partial charge in [-0.05, 0) is 25.7 Å². The molecule has 0 aromatic rings. The van der Waals surface area contributed by atoms with Gasteiger partial charge in [-0.3, -0.25) is 0 Å². The van der Waals surface area contributed by atoms with Crippen molar-refractivity contribution in [3.8, 4) is 0 Å². The van der Waals surface area contributed by atoms with E-state index in [0.717, 1.165) is 0 Å². The molecule has 0 rings (SSSR count). The molecular formula is C11H23N. The molecule has 0 aliphatic carbocycles. The van der Waals surface area contributed by atoms with E-state index in [1.54, 1.807) is 0 Å². The highest BCUT2D eigenvalue weighted by atomic mass is 15.1. The lowest BCUT2D eigenvalue weighted by Gasteiger charge is -2.31. The molecule has 1 nitrogen and oxygen atoms in total. The minimum atomic E-state index is 0.554. The predicted octanol–water partition coefficient (Wildman–Crippen LogP) is 3.13. The largest absolute Gasteiger partial charge is 0.376 e. The van der Waals surface area contributed by atoms with Gasteiger partial charge in [0, 0.05) is 18.8 Å². The molecule has 72 valence electrons. The van der Waals surface area contributed by atoms with Crippen molar-refractivity contribution in [3.05, 3.63) is 12.3 Å².